The van der Waals surface area contributed by atoms with Crippen LogP contribution in [-0.2, 0) is 23.1 Å². The van der Waals surface area contributed by atoms with Gasteiger partial charge in [-0.2, -0.15) is 0 Å². The van der Waals surface area contributed by atoms with E-state index in [4.69, 9.17) is 18.5 Å². The Kier molecular flexibility index (Phi) is 24.0. The van der Waals surface area contributed by atoms with E-state index in [1.165, 1.54) is 89.9 Å². The Morgan fingerprint density at radius 3 is 1.73 bits per heavy atom. The number of likely N-dealkylation sites (N-methyl/N-ethyl adjacent to an activating group) is 1. The molecule has 0 aromatic heterocycles. The molecule has 0 rings (SSSR count). The number of ether oxygens (including phenoxy) is 2. The Morgan fingerprint density at radius 2 is 1.23 bits per heavy atom. The summed E-state index contributed by atoms with van der Waals surface area (Å²) in [5, 5.41) is 0. The van der Waals surface area contributed by atoms with Crippen LogP contribution in [0, 0.1) is 0 Å². The molecule has 0 aliphatic carbocycles. The van der Waals surface area contributed by atoms with Crippen LogP contribution in [0.15, 0.2) is 12.2 Å². The molecule has 1 unspecified atom stereocenters. The SMILES string of the molecule is CCCCCCC/C=C\CCCCCCCCCCCOC[C@H](COP(=O)(O)OCC[N+](C)(C)C)OC(C)(C)C. The number of hydrogen-bond donors (Lipinski definition) is 1. The van der Waals surface area contributed by atoms with Crippen LogP contribution in [0.5, 0.6) is 0 Å². The van der Waals surface area contributed by atoms with Gasteiger partial charge in [0.25, 0.3) is 0 Å². The van der Waals surface area contributed by atoms with Gasteiger partial charge in [0.1, 0.15) is 19.3 Å². The van der Waals surface area contributed by atoms with E-state index in [1.807, 2.05) is 41.9 Å². The quantitative estimate of drug-likeness (QED) is 0.0423. The van der Waals surface area contributed by atoms with Crippen molar-refractivity contribution in [2.75, 3.05) is 54.1 Å². The highest BCUT2D eigenvalue weighted by Gasteiger charge is 2.27. The first-order valence-electron chi connectivity index (χ1n) is 16.2. The molecule has 0 saturated carbocycles. The van der Waals surface area contributed by atoms with Crippen LogP contribution in [0.4, 0.5) is 0 Å². The van der Waals surface area contributed by atoms with Crippen molar-refractivity contribution in [3.05, 3.63) is 12.2 Å². The lowest BCUT2D eigenvalue weighted by molar-refractivity contribution is -0.870. The summed E-state index contributed by atoms with van der Waals surface area (Å²) in [5.41, 5.74) is -0.411. The molecule has 1 N–H and O–H groups in total. The fraction of sp³-hybridized carbons (Fsp3) is 0.938. The monoisotopic (exact) mass is 592 g/mol. The maximum absolute atomic E-state index is 12.2. The van der Waals surface area contributed by atoms with E-state index in [0.29, 0.717) is 24.2 Å². The minimum atomic E-state index is -4.13. The van der Waals surface area contributed by atoms with Crippen molar-refractivity contribution in [1.29, 1.82) is 0 Å². The number of hydrogen-bond acceptors (Lipinski definition) is 5. The van der Waals surface area contributed by atoms with Crippen molar-refractivity contribution in [2.24, 2.45) is 0 Å². The van der Waals surface area contributed by atoms with E-state index in [-0.39, 0.29) is 13.2 Å². The number of nitrogens with zero attached hydrogens (tertiary/aromatic N) is 1. The van der Waals surface area contributed by atoms with Crippen molar-refractivity contribution in [2.45, 2.75) is 142 Å². The molecule has 0 fully saturated rings. The van der Waals surface area contributed by atoms with Crippen molar-refractivity contribution in [3.63, 3.8) is 0 Å². The predicted molar refractivity (Wildman–Crippen MR) is 169 cm³/mol. The summed E-state index contributed by atoms with van der Waals surface area (Å²) in [6, 6.07) is 0. The minimum absolute atomic E-state index is 0.0508. The van der Waals surface area contributed by atoms with E-state index in [9.17, 15) is 9.46 Å². The molecule has 0 spiro atoms. The Labute approximate surface area is 248 Å². The summed E-state index contributed by atoms with van der Waals surface area (Å²) in [7, 11) is 1.86. The van der Waals surface area contributed by atoms with Crippen LogP contribution >= 0.6 is 7.82 Å². The third-order valence-corrected chi connectivity index (χ3v) is 7.55. The predicted octanol–water partition coefficient (Wildman–Crippen LogP) is 8.84. The van der Waals surface area contributed by atoms with Gasteiger partial charge in [0.2, 0.25) is 0 Å². The van der Waals surface area contributed by atoms with Crippen molar-refractivity contribution >= 4 is 7.82 Å². The van der Waals surface area contributed by atoms with E-state index in [1.54, 1.807) is 0 Å². The van der Waals surface area contributed by atoms with Crippen molar-refractivity contribution < 1.29 is 32.5 Å². The third-order valence-electron chi connectivity index (χ3n) is 6.56. The standard InChI is InChI=1S/C32H66NO6P/c1-8-9-10-11-12-13-14-15-16-17-18-19-20-21-22-23-24-25-27-36-29-31(39-32(2,3)4)30-38-40(34,35)37-28-26-33(5,6)7/h14-15,31H,8-13,16-30H2,1-7H3/p+1/b15-14-/t31-/m1/s1. The van der Waals surface area contributed by atoms with E-state index in [0.717, 1.165) is 12.8 Å². The van der Waals surface area contributed by atoms with E-state index in [2.05, 4.69) is 19.1 Å². The molecule has 8 heteroatoms. The van der Waals surface area contributed by atoms with Crippen LogP contribution in [0.25, 0.3) is 0 Å². The molecule has 2 atom stereocenters. The molecular formula is C32H67NO6P+. The smallest absolute Gasteiger partial charge is 0.379 e. The van der Waals surface area contributed by atoms with Gasteiger partial charge in [0.05, 0.1) is 40.0 Å². The normalized spacial score (nSPS) is 15.1. The third kappa shape index (κ3) is 30.7. The van der Waals surface area contributed by atoms with Crippen molar-refractivity contribution in [3.8, 4) is 0 Å². The lowest BCUT2D eigenvalue weighted by atomic mass is 10.1. The summed E-state index contributed by atoms with van der Waals surface area (Å²) in [6.45, 7) is 9.80. The molecule has 0 bridgehead atoms. The molecule has 0 saturated heterocycles. The lowest BCUT2D eigenvalue weighted by Gasteiger charge is -2.28. The van der Waals surface area contributed by atoms with Gasteiger partial charge in [-0.25, -0.2) is 4.57 Å². The summed E-state index contributed by atoms with van der Waals surface area (Å²) in [4.78, 5) is 10.0. The van der Waals surface area contributed by atoms with Gasteiger partial charge >= 0.3 is 7.82 Å². The number of phosphoric acid groups is 1. The molecule has 0 aromatic rings. The van der Waals surface area contributed by atoms with Crippen LogP contribution in [0.2, 0.25) is 0 Å². The highest BCUT2D eigenvalue weighted by molar-refractivity contribution is 7.47. The average Bonchev–Trinajstić information content (AvgIpc) is 2.84. The number of allylic oxidation sites excluding steroid dienone is 2. The van der Waals surface area contributed by atoms with E-state index < -0.39 is 19.5 Å². The zero-order valence-corrected chi connectivity index (χ0v) is 28.4. The first kappa shape index (κ1) is 39.7. The van der Waals surface area contributed by atoms with Gasteiger partial charge in [0.15, 0.2) is 0 Å². The fourth-order valence-corrected chi connectivity index (χ4v) is 5.02. The first-order chi connectivity index (χ1) is 18.8. The Morgan fingerprint density at radius 1 is 0.725 bits per heavy atom. The largest absolute Gasteiger partial charge is 0.472 e. The molecule has 0 radical (unpaired) electrons. The Balaban J connectivity index is 3.80. The molecule has 240 valence electrons. The highest BCUT2D eigenvalue weighted by Crippen LogP contribution is 2.43. The summed E-state index contributed by atoms with van der Waals surface area (Å²) >= 11 is 0. The van der Waals surface area contributed by atoms with Gasteiger partial charge in [-0.1, -0.05) is 89.7 Å². The molecule has 0 amide bonds. The maximum Gasteiger partial charge on any atom is 0.472 e. The van der Waals surface area contributed by atoms with Crippen molar-refractivity contribution in [1.82, 2.24) is 0 Å². The van der Waals surface area contributed by atoms with E-state index >= 15 is 0 Å². The van der Waals surface area contributed by atoms with Crippen LogP contribution in [-0.4, -0.2) is 75.2 Å². The maximum atomic E-state index is 12.2. The van der Waals surface area contributed by atoms with Crippen LogP contribution < -0.4 is 0 Å². The molecular weight excluding hydrogens is 525 g/mol. The topological polar surface area (TPSA) is 74.2 Å². The second-order valence-corrected chi connectivity index (χ2v) is 14.6. The second kappa shape index (κ2) is 24.2. The summed E-state index contributed by atoms with van der Waals surface area (Å²) in [5.74, 6) is 0. The van der Waals surface area contributed by atoms with Gasteiger partial charge < -0.3 is 18.9 Å². The van der Waals surface area contributed by atoms with Gasteiger partial charge in [0, 0.05) is 6.61 Å². The van der Waals surface area contributed by atoms with Gasteiger partial charge in [-0.05, 0) is 52.9 Å². The van der Waals surface area contributed by atoms with Gasteiger partial charge in [-0.3, -0.25) is 9.05 Å². The lowest BCUT2D eigenvalue weighted by Crippen LogP contribution is -2.37. The molecule has 7 nitrogen and oxygen atoms in total. The zero-order chi connectivity index (χ0) is 30.2. The number of phosphoric ester groups is 1. The average molecular weight is 593 g/mol. The molecule has 0 aliphatic rings. The minimum Gasteiger partial charge on any atom is -0.379 e. The molecule has 0 heterocycles. The second-order valence-electron chi connectivity index (χ2n) is 13.2. The van der Waals surface area contributed by atoms with Crippen LogP contribution in [0.3, 0.4) is 0 Å². The molecule has 0 aliphatic heterocycles. The fourth-order valence-electron chi connectivity index (χ4n) is 4.28. The molecule has 40 heavy (non-hydrogen) atoms. The highest BCUT2D eigenvalue weighted by atomic mass is 31.2. The summed E-state index contributed by atoms with van der Waals surface area (Å²) in [6.07, 6.45) is 25.1. The Bertz CT molecular complexity index is 644. The summed E-state index contributed by atoms with van der Waals surface area (Å²) < 4.78 is 35.0. The molecule has 0 aromatic carbocycles. The number of rotatable bonds is 28. The first-order valence-corrected chi connectivity index (χ1v) is 17.7. The zero-order valence-electron chi connectivity index (χ0n) is 27.5. The Hall–Kier alpha value is -0.270. The van der Waals surface area contributed by atoms with Gasteiger partial charge in [-0.15, -0.1) is 0 Å². The number of quaternary nitrogens is 1. The number of unbranched alkanes of at least 4 members (excludes halogenated alkanes) is 14. The van der Waals surface area contributed by atoms with Crippen LogP contribution in [0.1, 0.15) is 130 Å².